The lowest BCUT2D eigenvalue weighted by atomic mass is 10.1. The van der Waals surface area contributed by atoms with E-state index >= 15 is 0 Å². The van der Waals surface area contributed by atoms with Gasteiger partial charge in [0.2, 0.25) is 5.91 Å². The minimum absolute atomic E-state index is 0.262. The predicted molar refractivity (Wildman–Crippen MR) is 110 cm³/mol. The van der Waals surface area contributed by atoms with Gasteiger partial charge in [-0.25, -0.2) is 0 Å². The summed E-state index contributed by atoms with van der Waals surface area (Å²) in [6.45, 7) is 2.59. The highest BCUT2D eigenvalue weighted by atomic mass is 32.2. The number of benzene rings is 2. The van der Waals surface area contributed by atoms with Crippen LogP contribution in [0.1, 0.15) is 11.1 Å². The monoisotopic (exact) mass is 419 g/mol. The predicted octanol–water partition coefficient (Wildman–Crippen LogP) is 2.01. The molecule has 2 aromatic rings. The van der Waals surface area contributed by atoms with E-state index in [0.717, 1.165) is 11.1 Å². The van der Waals surface area contributed by atoms with Crippen LogP contribution in [0.5, 0.6) is 11.5 Å². The third-order valence-electron chi connectivity index (χ3n) is 4.86. The molecule has 1 N–H and O–H groups in total. The van der Waals surface area contributed by atoms with E-state index in [1.165, 1.54) is 22.8 Å². The topological polar surface area (TPSA) is 88.2 Å². The Morgan fingerprint density at radius 2 is 1.79 bits per heavy atom. The van der Waals surface area contributed by atoms with Gasteiger partial charge in [-0.1, -0.05) is 24.3 Å². The molecule has 1 fully saturated rings. The molecule has 29 heavy (non-hydrogen) atoms. The van der Waals surface area contributed by atoms with E-state index in [2.05, 4.69) is 5.32 Å². The van der Waals surface area contributed by atoms with Crippen molar-refractivity contribution in [2.24, 2.45) is 0 Å². The van der Waals surface area contributed by atoms with Gasteiger partial charge in [0.1, 0.15) is 11.5 Å². The first-order valence-electron chi connectivity index (χ1n) is 9.16. The molecule has 0 radical (unpaired) electrons. The first kappa shape index (κ1) is 21.1. The molecular weight excluding hydrogens is 394 g/mol. The normalized spacial score (nSPS) is 16.5. The molecule has 0 aromatic heterocycles. The summed E-state index contributed by atoms with van der Waals surface area (Å²) in [5, 5.41) is 2.71. The maximum Gasteiger partial charge on any atom is 0.282 e. The smallest absolute Gasteiger partial charge is 0.282 e. The molecule has 1 amide bonds. The Morgan fingerprint density at radius 1 is 1.07 bits per heavy atom. The van der Waals surface area contributed by atoms with E-state index < -0.39 is 16.1 Å². The largest absolute Gasteiger partial charge is 0.497 e. The molecule has 0 saturated carbocycles. The van der Waals surface area contributed by atoms with E-state index in [9.17, 15) is 13.2 Å². The molecular formula is C20H25N3O5S. The van der Waals surface area contributed by atoms with Crippen LogP contribution < -0.4 is 14.8 Å². The van der Waals surface area contributed by atoms with Crippen molar-refractivity contribution in [3.8, 4) is 11.5 Å². The highest BCUT2D eigenvalue weighted by Gasteiger charge is 2.37. The van der Waals surface area contributed by atoms with Crippen LogP contribution in [0, 0.1) is 6.92 Å². The Bertz CT molecular complexity index is 993. The van der Waals surface area contributed by atoms with Crippen molar-refractivity contribution in [3.63, 3.8) is 0 Å². The first-order valence-corrected chi connectivity index (χ1v) is 10.6. The van der Waals surface area contributed by atoms with Gasteiger partial charge in [-0.15, -0.1) is 0 Å². The quantitative estimate of drug-likeness (QED) is 0.742. The van der Waals surface area contributed by atoms with Gasteiger partial charge in [-0.2, -0.15) is 17.0 Å². The van der Waals surface area contributed by atoms with Crippen LogP contribution in [-0.4, -0.2) is 56.8 Å². The van der Waals surface area contributed by atoms with Crippen molar-refractivity contribution >= 4 is 21.8 Å². The maximum atomic E-state index is 12.8. The van der Waals surface area contributed by atoms with Crippen molar-refractivity contribution in [1.82, 2.24) is 8.61 Å². The Balaban J connectivity index is 1.66. The Labute approximate surface area is 171 Å². The third kappa shape index (κ3) is 4.69. The molecule has 0 atom stereocenters. The summed E-state index contributed by atoms with van der Waals surface area (Å²) in [6, 6.07) is 12.7. The number of amides is 1. The number of ether oxygens (including phenoxy) is 2. The van der Waals surface area contributed by atoms with Crippen molar-refractivity contribution in [2.45, 2.75) is 13.5 Å². The van der Waals surface area contributed by atoms with E-state index in [4.69, 9.17) is 9.47 Å². The highest BCUT2D eigenvalue weighted by molar-refractivity contribution is 7.87. The highest BCUT2D eigenvalue weighted by Crippen LogP contribution is 2.29. The van der Waals surface area contributed by atoms with Crippen molar-refractivity contribution < 1.29 is 22.7 Å². The Kier molecular flexibility index (Phi) is 6.41. The van der Waals surface area contributed by atoms with Gasteiger partial charge in [0.15, 0.2) is 0 Å². The lowest BCUT2D eigenvalue weighted by Crippen LogP contribution is -2.38. The molecule has 8 nitrogen and oxygen atoms in total. The second-order valence-corrected chi connectivity index (χ2v) is 8.64. The standard InChI is InChI=1S/C20H25N3O5S/c1-15-6-4-5-7-16(15)13-22-10-11-23(29(22,25)26)14-20(24)21-18-9-8-17(27-2)12-19(18)28-3/h4-9,12H,10-11,13-14H2,1-3H3,(H,21,24). The second-order valence-electron chi connectivity index (χ2n) is 6.72. The molecule has 1 saturated heterocycles. The minimum atomic E-state index is -3.70. The van der Waals surface area contributed by atoms with E-state index in [0.29, 0.717) is 30.3 Å². The summed E-state index contributed by atoms with van der Waals surface area (Å²) >= 11 is 0. The number of anilines is 1. The summed E-state index contributed by atoms with van der Waals surface area (Å²) in [6.07, 6.45) is 0. The lowest BCUT2D eigenvalue weighted by Gasteiger charge is -2.19. The number of methoxy groups -OCH3 is 2. The SMILES string of the molecule is COc1ccc(NC(=O)CN2CCN(Cc3ccccc3C)S2(=O)=O)c(OC)c1. The lowest BCUT2D eigenvalue weighted by molar-refractivity contribution is -0.116. The van der Waals surface area contributed by atoms with Gasteiger partial charge in [0.05, 0.1) is 26.5 Å². The number of rotatable bonds is 7. The van der Waals surface area contributed by atoms with Crippen LogP contribution in [0.4, 0.5) is 5.69 Å². The molecule has 0 spiro atoms. The molecule has 0 aliphatic carbocycles. The zero-order chi connectivity index (χ0) is 21.0. The molecule has 1 aliphatic heterocycles. The number of hydrogen-bond acceptors (Lipinski definition) is 5. The number of hydrogen-bond donors (Lipinski definition) is 1. The fourth-order valence-corrected chi connectivity index (χ4v) is 4.70. The number of aryl methyl sites for hydroxylation is 1. The molecule has 9 heteroatoms. The third-order valence-corrected chi connectivity index (χ3v) is 6.79. The van der Waals surface area contributed by atoms with Crippen LogP contribution in [0.15, 0.2) is 42.5 Å². The van der Waals surface area contributed by atoms with Gasteiger partial charge < -0.3 is 14.8 Å². The van der Waals surface area contributed by atoms with Gasteiger partial charge in [-0.3, -0.25) is 4.79 Å². The summed E-state index contributed by atoms with van der Waals surface area (Å²) in [7, 11) is -0.681. The molecule has 156 valence electrons. The fraction of sp³-hybridized carbons (Fsp3) is 0.350. The number of carbonyl (C=O) groups is 1. The first-order chi connectivity index (χ1) is 13.8. The van der Waals surface area contributed by atoms with E-state index in [1.807, 2.05) is 31.2 Å². The molecule has 1 heterocycles. The summed E-state index contributed by atoms with van der Waals surface area (Å²) in [5.41, 5.74) is 2.43. The zero-order valence-corrected chi connectivity index (χ0v) is 17.5. The van der Waals surface area contributed by atoms with Crippen molar-refractivity contribution in [2.75, 3.05) is 39.2 Å². The summed E-state index contributed by atoms with van der Waals surface area (Å²) in [5.74, 6) is 0.590. The molecule has 2 aromatic carbocycles. The molecule has 0 unspecified atom stereocenters. The van der Waals surface area contributed by atoms with Gasteiger partial charge >= 0.3 is 0 Å². The number of carbonyl (C=O) groups excluding carboxylic acids is 1. The average Bonchev–Trinajstić information content (AvgIpc) is 2.97. The second kappa shape index (κ2) is 8.81. The fourth-order valence-electron chi connectivity index (χ4n) is 3.17. The van der Waals surface area contributed by atoms with Crippen LogP contribution in [0.2, 0.25) is 0 Å². The maximum absolute atomic E-state index is 12.8. The summed E-state index contributed by atoms with van der Waals surface area (Å²) < 4.78 is 38.7. The van der Waals surface area contributed by atoms with Gasteiger partial charge in [0, 0.05) is 25.7 Å². The Hall–Kier alpha value is -2.62. The van der Waals surface area contributed by atoms with Crippen LogP contribution in [-0.2, 0) is 21.5 Å². The van der Waals surface area contributed by atoms with Crippen LogP contribution in [0.25, 0.3) is 0 Å². The van der Waals surface area contributed by atoms with Gasteiger partial charge in [0.25, 0.3) is 10.2 Å². The van der Waals surface area contributed by atoms with E-state index in [-0.39, 0.29) is 13.1 Å². The molecule has 1 aliphatic rings. The van der Waals surface area contributed by atoms with Crippen molar-refractivity contribution in [3.05, 3.63) is 53.6 Å². The number of nitrogens with one attached hydrogen (secondary N) is 1. The minimum Gasteiger partial charge on any atom is -0.497 e. The van der Waals surface area contributed by atoms with Crippen molar-refractivity contribution in [1.29, 1.82) is 0 Å². The van der Waals surface area contributed by atoms with Crippen LogP contribution >= 0.6 is 0 Å². The molecule has 0 bridgehead atoms. The van der Waals surface area contributed by atoms with E-state index in [1.54, 1.807) is 18.2 Å². The van der Waals surface area contributed by atoms with Gasteiger partial charge in [-0.05, 0) is 30.2 Å². The zero-order valence-electron chi connectivity index (χ0n) is 16.7. The Morgan fingerprint density at radius 3 is 2.48 bits per heavy atom. The number of nitrogens with zero attached hydrogens (tertiary/aromatic N) is 2. The summed E-state index contributed by atoms with van der Waals surface area (Å²) in [4.78, 5) is 12.5. The molecule has 3 rings (SSSR count). The average molecular weight is 420 g/mol. The van der Waals surface area contributed by atoms with Crippen LogP contribution in [0.3, 0.4) is 0 Å².